The summed E-state index contributed by atoms with van der Waals surface area (Å²) >= 11 is 5.93. The third-order valence-corrected chi connectivity index (χ3v) is 5.32. The molecule has 2 aromatic carbocycles. The van der Waals surface area contributed by atoms with Crippen molar-refractivity contribution in [3.8, 4) is 0 Å². The van der Waals surface area contributed by atoms with E-state index in [1.807, 2.05) is 0 Å². The van der Waals surface area contributed by atoms with Gasteiger partial charge in [-0.05, 0) is 62.4 Å². The number of benzene rings is 2. The van der Waals surface area contributed by atoms with Gasteiger partial charge in [-0.1, -0.05) is 11.6 Å². The Labute approximate surface area is 184 Å². The van der Waals surface area contributed by atoms with Crippen LogP contribution in [0.2, 0.25) is 5.02 Å². The summed E-state index contributed by atoms with van der Waals surface area (Å²) < 4.78 is 4.90. The lowest BCUT2D eigenvalue weighted by Crippen LogP contribution is -2.43. The number of halogens is 1. The van der Waals surface area contributed by atoms with Crippen molar-refractivity contribution in [3.63, 3.8) is 0 Å². The Hall–Kier alpha value is -3.45. The second kappa shape index (κ2) is 9.14. The molecular formula is C23H21ClN2O5. The minimum absolute atomic E-state index is 0.0930. The van der Waals surface area contributed by atoms with E-state index < -0.39 is 17.8 Å². The van der Waals surface area contributed by atoms with Crippen molar-refractivity contribution in [1.29, 1.82) is 0 Å². The molecule has 2 amide bonds. The Morgan fingerprint density at radius 2 is 1.68 bits per heavy atom. The number of nitrogens with one attached hydrogen (secondary N) is 1. The highest BCUT2D eigenvalue weighted by Crippen LogP contribution is 2.34. The van der Waals surface area contributed by atoms with Crippen LogP contribution in [0.1, 0.15) is 30.6 Å². The molecule has 31 heavy (non-hydrogen) atoms. The average molecular weight is 441 g/mol. The maximum atomic E-state index is 13.0. The fourth-order valence-electron chi connectivity index (χ4n) is 3.50. The SMILES string of the molecule is COC(=O)C1=C(C)N(c2ccc(Cl)cc2)C(=O)C[C@@H]1C(=O)Nc1ccc(C(C)=O)cc1. The maximum Gasteiger partial charge on any atom is 0.336 e. The summed E-state index contributed by atoms with van der Waals surface area (Å²) in [6, 6.07) is 13.0. The minimum Gasteiger partial charge on any atom is -0.466 e. The average Bonchev–Trinajstić information content (AvgIpc) is 2.74. The zero-order valence-corrected chi connectivity index (χ0v) is 18.0. The number of nitrogens with zero attached hydrogens (tertiary/aromatic N) is 1. The Morgan fingerprint density at radius 3 is 2.23 bits per heavy atom. The van der Waals surface area contributed by atoms with Crippen molar-refractivity contribution < 1.29 is 23.9 Å². The Morgan fingerprint density at radius 1 is 1.06 bits per heavy atom. The summed E-state index contributed by atoms with van der Waals surface area (Å²) in [6.45, 7) is 3.05. The van der Waals surface area contributed by atoms with Gasteiger partial charge in [-0.25, -0.2) is 4.79 Å². The van der Waals surface area contributed by atoms with E-state index in [4.69, 9.17) is 16.3 Å². The molecule has 0 saturated carbocycles. The van der Waals surface area contributed by atoms with Gasteiger partial charge < -0.3 is 10.1 Å². The fourth-order valence-corrected chi connectivity index (χ4v) is 3.62. The van der Waals surface area contributed by atoms with Crippen LogP contribution in [0.3, 0.4) is 0 Å². The molecule has 8 heteroatoms. The molecule has 160 valence electrons. The van der Waals surface area contributed by atoms with Crippen LogP contribution >= 0.6 is 11.6 Å². The molecule has 1 heterocycles. The first-order valence-corrected chi connectivity index (χ1v) is 9.90. The highest BCUT2D eigenvalue weighted by Gasteiger charge is 2.40. The van der Waals surface area contributed by atoms with E-state index in [1.165, 1.54) is 18.9 Å². The number of carbonyl (C=O) groups excluding carboxylic acids is 4. The van der Waals surface area contributed by atoms with E-state index in [0.29, 0.717) is 27.7 Å². The van der Waals surface area contributed by atoms with Gasteiger partial charge in [0.2, 0.25) is 11.8 Å². The normalized spacial score (nSPS) is 16.2. The molecule has 1 N–H and O–H groups in total. The minimum atomic E-state index is -1.02. The van der Waals surface area contributed by atoms with Crippen molar-refractivity contribution in [1.82, 2.24) is 0 Å². The molecular weight excluding hydrogens is 420 g/mol. The van der Waals surface area contributed by atoms with Crippen molar-refractivity contribution in [3.05, 3.63) is 70.4 Å². The number of esters is 1. The van der Waals surface area contributed by atoms with Crippen molar-refractivity contribution in [2.24, 2.45) is 5.92 Å². The van der Waals surface area contributed by atoms with Gasteiger partial charge in [-0.15, -0.1) is 0 Å². The second-order valence-corrected chi connectivity index (χ2v) is 7.51. The third-order valence-electron chi connectivity index (χ3n) is 5.07. The van der Waals surface area contributed by atoms with E-state index in [1.54, 1.807) is 55.5 Å². The Kier molecular flexibility index (Phi) is 6.56. The molecule has 3 rings (SSSR count). The van der Waals surface area contributed by atoms with Crippen LogP contribution in [0.15, 0.2) is 59.8 Å². The van der Waals surface area contributed by atoms with Gasteiger partial charge >= 0.3 is 5.97 Å². The van der Waals surface area contributed by atoms with Gasteiger partial charge in [0.05, 0.1) is 18.6 Å². The van der Waals surface area contributed by atoms with E-state index in [0.717, 1.165) is 0 Å². The lowest BCUT2D eigenvalue weighted by atomic mass is 9.88. The monoisotopic (exact) mass is 440 g/mol. The smallest absolute Gasteiger partial charge is 0.336 e. The number of ether oxygens (including phenoxy) is 1. The number of ketones is 1. The number of rotatable bonds is 5. The second-order valence-electron chi connectivity index (χ2n) is 7.08. The summed E-state index contributed by atoms with van der Waals surface area (Å²) in [5.41, 5.74) is 1.92. The number of hydrogen-bond donors (Lipinski definition) is 1. The third kappa shape index (κ3) is 4.67. The predicted molar refractivity (Wildman–Crippen MR) is 117 cm³/mol. The van der Waals surface area contributed by atoms with Crippen LogP contribution in [-0.4, -0.2) is 30.7 Å². The number of amides is 2. The molecule has 0 radical (unpaired) electrons. The quantitative estimate of drug-likeness (QED) is 0.560. The van der Waals surface area contributed by atoms with Crippen LogP contribution < -0.4 is 10.2 Å². The molecule has 1 aliphatic heterocycles. The summed E-state index contributed by atoms with van der Waals surface area (Å²) in [6.07, 6.45) is -0.207. The van der Waals surface area contributed by atoms with Crippen LogP contribution in [0.4, 0.5) is 11.4 Å². The van der Waals surface area contributed by atoms with Gasteiger partial charge in [0.1, 0.15) is 0 Å². The molecule has 0 saturated heterocycles. The highest BCUT2D eigenvalue weighted by molar-refractivity contribution is 6.30. The molecule has 1 atom stereocenters. The number of allylic oxidation sites excluding steroid dienone is 1. The van der Waals surface area contributed by atoms with E-state index in [2.05, 4.69) is 5.32 Å². The lowest BCUT2D eigenvalue weighted by molar-refractivity contribution is -0.138. The maximum absolute atomic E-state index is 13.0. The van der Waals surface area contributed by atoms with Crippen molar-refractivity contribution in [2.45, 2.75) is 20.3 Å². The Balaban J connectivity index is 1.94. The number of methoxy groups -OCH3 is 1. The summed E-state index contributed by atoms with van der Waals surface area (Å²) in [5, 5.41) is 3.22. The first-order chi connectivity index (χ1) is 14.7. The van der Waals surface area contributed by atoms with E-state index >= 15 is 0 Å². The zero-order valence-electron chi connectivity index (χ0n) is 17.3. The largest absolute Gasteiger partial charge is 0.466 e. The zero-order chi connectivity index (χ0) is 22.7. The standard InChI is InChI=1S/C23H21ClN2O5/c1-13-21(23(30)31-3)19(12-20(28)26(13)18-10-6-16(24)7-11-18)22(29)25-17-8-4-15(5-9-17)14(2)27/h4-11,19H,12H2,1-3H3,(H,25,29)/t19-/m0/s1. The molecule has 0 aromatic heterocycles. The molecule has 7 nitrogen and oxygen atoms in total. The number of anilines is 2. The van der Waals surface area contributed by atoms with Gasteiger partial charge in [-0.2, -0.15) is 0 Å². The summed E-state index contributed by atoms with van der Waals surface area (Å²) in [4.78, 5) is 51.3. The van der Waals surface area contributed by atoms with E-state index in [-0.39, 0.29) is 23.7 Å². The van der Waals surface area contributed by atoms with Crippen LogP contribution in [-0.2, 0) is 19.1 Å². The molecule has 0 fully saturated rings. The molecule has 0 spiro atoms. The first kappa shape index (κ1) is 22.2. The van der Waals surface area contributed by atoms with Gasteiger partial charge in [-0.3, -0.25) is 19.3 Å². The van der Waals surface area contributed by atoms with Gasteiger partial charge in [0.25, 0.3) is 0 Å². The molecule has 0 unspecified atom stereocenters. The lowest BCUT2D eigenvalue weighted by Gasteiger charge is -2.33. The molecule has 0 bridgehead atoms. The predicted octanol–water partition coefficient (Wildman–Crippen LogP) is 3.98. The number of Topliss-reactive ketones (excluding diaryl/α,β-unsaturated/α-hetero) is 1. The van der Waals surface area contributed by atoms with Crippen LogP contribution in [0, 0.1) is 5.92 Å². The molecule has 2 aromatic rings. The van der Waals surface area contributed by atoms with E-state index in [9.17, 15) is 19.2 Å². The molecule has 0 aliphatic carbocycles. The molecule has 1 aliphatic rings. The van der Waals surface area contributed by atoms with Crippen LogP contribution in [0.25, 0.3) is 0 Å². The number of carbonyl (C=O) groups is 4. The van der Waals surface area contributed by atoms with Crippen molar-refractivity contribution in [2.75, 3.05) is 17.3 Å². The highest BCUT2D eigenvalue weighted by atomic mass is 35.5. The number of hydrogen-bond acceptors (Lipinski definition) is 5. The summed E-state index contributed by atoms with van der Waals surface area (Å²) in [7, 11) is 1.22. The Bertz CT molecular complexity index is 1070. The summed E-state index contributed by atoms with van der Waals surface area (Å²) in [5.74, 6) is -2.64. The first-order valence-electron chi connectivity index (χ1n) is 9.52. The van der Waals surface area contributed by atoms with Gasteiger partial charge in [0.15, 0.2) is 5.78 Å². The van der Waals surface area contributed by atoms with Crippen LogP contribution in [0.5, 0.6) is 0 Å². The van der Waals surface area contributed by atoms with Crippen molar-refractivity contribution >= 4 is 46.5 Å². The van der Waals surface area contributed by atoms with Gasteiger partial charge in [0, 0.05) is 34.1 Å². The fraction of sp³-hybridized carbons (Fsp3) is 0.217. The topological polar surface area (TPSA) is 92.8 Å².